The van der Waals surface area contributed by atoms with Gasteiger partial charge in [-0.3, -0.25) is 0 Å². The van der Waals surface area contributed by atoms with Gasteiger partial charge in [-0.2, -0.15) is 4.98 Å². The summed E-state index contributed by atoms with van der Waals surface area (Å²) in [6, 6.07) is 5.68. The Kier molecular flexibility index (Phi) is 5.46. The quantitative estimate of drug-likeness (QED) is 0.812. The molecule has 0 fully saturated rings. The predicted octanol–water partition coefficient (Wildman–Crippen LogP) is 3.07. The summed E-state index contributed by atoms with van der Waals surface area (Å²) in [7, 11) is 4.73. The van der Waals surface area contributed by atoms with Gasteiger partial charge >= 0.3 is 0 Å². The minimum Gasteiger partial charge on any atom is -0.493 e. The van der Waals surface area contributed by atoms with Crippen molar-refractivity contribution in [1.29, 1.82) is 0 Å². The zero-order valence-corrected chi connectivity index (χ0v) is 14.0. The Morgan fingerprint density at radius 2 is 1.65 bits per heavy atom. The van der Waals surface area contributed by atoms with E-state index in [0.29, 0.717) is 29.0 Å². The van der Waals surface area contributed by atoms with Crippen molar-refractivity contribution in [2.75, 3.05) is 32.0 Å². The molecule has 2 N–H and O–H groups in total. The highest BCUT2D eigenvalue weighted by atomic mass is 16.5. The van der Waals surface area contributed by atoms with E-state index in [0.717, 1.165) is 5.69 Å². The zero-order chi connectivity index (χ0) is 16.8. The second kappa shape index (κ2) is 7.53. The molecular weight excluding hydrogens is 296 g/mol. The zero-order valence-electron chi connectivity index (χ0n) is 14.0. The highest BCUT2D eigenvalue weighted by Crippen LogP contribution is 2.40. The molecule has 124 valence electrons. The third-order valence-electron chi connectivity index (χ3n) is 3.01. The molecule has 0 aliphatic rings. The third kappa shape index (κ3) is 4.15. The summed E-state index contributed by atoms with van der Waals surface area (Å²) in [6.45, 7) is 4.06. The van der Waals surface area contributed by atoms with Crippen LogP contribution in [-0.2, 0) is 0 Å². The molecule has 1 aromatic heterocycles. The second-order valence-corrected chi connectivity index (χ2v) is 5.10. The number of hydrogen-bond donors (Lipinski definition) is 2. The van der Waals surface area contributed by atoms with E-state index in [1.165, 1.54) is 0 Å². The molecule has 0 bridgehead atoms. The van der Waals surface area contributed by atoms with Gasteiger partial charge in [0, 0.05) is 30.1 Å². The van der Waals surface area contributed by atoms with E-state index in [9.17, 15) is 0 Å². The van der Waals surface area contributed by atoms with Crippen LogP contribution in [0.25, 0.3) is 0 Å². The summed E-state index contributed by atoms with van der Waals surface area (Å²) in [5.74, 6) is 2.92. The lowest BCUT2D eigenvalue weighted by atomic mass is 10.2. The van der Waals surface area contributed by atoms with Gasteiger partial charge in [-0.15, -0.1) is 0 Å². The van der Waals surface area contributed by atoms with E-state index in [2.05, 4.69) is 20.6 Å². The molecule has 1 heterocycles. The van der Waals surface area contributed by atoms with Gasteiger partial charge in [0.1, 0.15) is 5.82 Å². The molecule has 7 nitrogen and oxygen atoms in total. The molecule has 2 rings (SSSR count). The van der Waals surface area contributed by atoms with Gasteiger partial charge in [0.25, 0.3) is 0 Å². The van der Waals surface area contributed by atoms with Gasteiger partial charge in [-0.25, -0.2) is 4.98 Å². The Morgan fingerprint density at radius 1 is 1.00 bits per heavy atom. The van der Waals surface area contributed by atoms with Crippen LogP contribution in [0.15, 0.2) is 24.4 Å². The molecule has 0 unspecified atom stereocenters. The first-order valence-corrected chi connectivity index (χ1v) is 7.24. The molecule has 0 atom stereocenters. The number of hydrogen-bond acceptors (Lipinski definition) is 7. The van der Waals surface area contributed by atoms with Crippen LogP contribution < -0.4 is 24.8 Å². The number of anilines is 3. The summed E-state index contributed by atoms with van der Waals surface area (Å²) < 4.78 is 16.0. The number of rotatable bonds is 7. The lowest BCUT2D eigenvalue weighted by molar-refractivity contribution is 0.324. The van der Waals surface area contributed by atoms with E-state index in [1.807, 2.05) is 26.0 Å². The molecule has 23 heavy (non-hydrogen) atoms. The van der Waals surface area contributed by atoms with Crippen molar-refractivity contribution in [3.05, 3.63) is 24.4 Å². The fourth-order valence-corrected chi connectivity index (χ4v) is 2.06. The van der Waals surface area contributed by atoms with Gasteiger partial charge < -0.3 is 24.8 Å². The van der Waals surface area contributed by atoms with Crippen LogP contribution in [0.2, 0.25) is 0 Å². The van der Waals surface area contributed by atoms with E-state index in [4.69, 9.17) is 14.2 Å². The molecule has 0 amide bonds. The number of aromatic nitrogens is 2. The monoisotopic (exact) mass is 318 g/mol. The second-order valence-electron chi connectivity index (χ2n) is 5.10. The Balaban J connectivity index is 2.29. The average Bonchev–Trinajstić information content (AvgIpc) is 2.53. The van der Waals surface area contributed by atoms with Crippen molar-refractivity contribution in [2.45, 2.75) is 19.9 Å². The van der Waals surface area contributed by atoms with Crippen molar-refractivity contribution >= 4 is 17.5 Å². The normalized spacial score (nSPS) is 10.3. The van der Waals surface area contributed by atoms with Crippen molar-refractivity contribution < 1.29 is 14.2 Å². The smallest absolute Gasteiger partial charge is 0.224 e. The van der Waals surface area contributed by atoms with Crippen LogP contribution >= 0.6 is 0 Å². The Labute approximate surface area is 136 Å². The van der Waals surface area contributed by atoms with E-state index in [1.54, 1.807) is 33.6 Å². The van der Waals surface area contributed by atoms with Gasteiger partial charge in [0.05, 0.1) is 21.3 Å². The van der Waals surface area contributed by atoms with E-state index < -0.39 is 0 Å². The SMILES string of the molecule is COc1cc(Nc2ccnc(NC(C)C)n2)cc(OC)c1OC. The first-order valence-electron chi connectivity index (χ1n) is 7.24. The van der Waals surface area contributed by atoms with Gasteiger partial charge in [-0.1, -0.05) is 0 Å². The van der Waals surface area contributed by atoms with Crippen molar-refractivity contribution in [2.24, 2.45) is 0 Å². The Bertz CT molecular complexity index is 637. The molecule has 2 aromatic rings. The fraction of sp³-hybridized carbons (Fsp3) is 0.375. The lowest BCUT2D eigenvalue weighted by Crippen LogP contribution is -2.12. The van der Waals surface area contributed by atoms with Crippen LogP contribution in [0.1, 0.15) is 13.8 Å². The van der Waals surface area contributed by atoms with E-state index >= 15 is 0 Å². The number of nitrogens with one attached hydrogen (secondary N) is 2. The largest absolute Gasteiger partial charge is 0.493 e. The number of nitrogens with zero attached hydrogens (tertiary/aromatic N) is 2. The van der Waals surface area contributed by atoms with Crippen molar-refractivity contribution in [3.63, 3.8) is 0 Å². The average molecular weight is 318 g/mol. The first kappa shape index (κ1) is 16.7. The molecular formula is C16H22N4O3. The summed E-state index contributed by atoms with van der Waals surface area (Å²) in [6.07, 6.45) is 1.69. The molecule has 0 aliphatic heterocycles. The molecule has 0 spiro atoms. The molecule has 0 radical (unpaired) electrons. The minimum atomic E-state index is 0.256. The number of methoxy groups -OCH3 is 3. The van der Waals surface area contributed by atoms with Crippen LogP contribution in [0.3, 0.4) is 0 Å². The van der Waals surface area contributed by atoms with Crippen molar-refractivity contribution in [3.8, 4) is 17.2 Å². The Hall–Kier alpha value is -2.70. The fourth-order valence-electron chi connectivity index (χ4n) is 2.06. The molecule has 0 aliphatic carbocycles. The minimum absolute atomic E-state index is 0.256. The highest BCUT2D eigenvalue weighted by molar-refractivity contribution is 5.66. The maximum atomic E-state index is 5.34. The standard InChI is InChI=1S/C16H22N4O3/c1-10(2)18-16-17-7-6-14(20-16)19-11-8-12(21-3)15(23-5)13(9-11)22-4/h6-10H,1-5H3,(H2,17,18,19,20). The van der Waals surface area contributed by atoms with Gasteiger partial charge in [0.2, 0.25) is 11.7 Å². The number of ether oxygens (including phenoxy) is 3. The number of benzene rings is 1. The molecule has 7 heteroatoms. The van der Waals surface area contributed by atoms with Crippen LogP contribution in [0, 0.1) is 0 Å². The van der Waals surface area contributed by atoms with Crippen molar-refractivity contribution in [1.82, 2.24) is 9.97 Å². The summed E-state index contributed by atoms with van der Waals surface area (Å²) in [5.41, 5.74) is 0.772. The van der Waals surface area contributed by atoms with Crippen LogP contribution in [-0.4, -0.2) is 37.3 Å². The van der Waals surface area contributed by atoms with Crippen LogP contribution in [0.5, 0.6) is 17.2 Å². The highest BCUT2D eigenvalue weighted by Gasteiger charge is 2.13. The van der Waals surface area contributed by atoms with E-state index in [-0.39, 0.29) is 6.04 Å². The molecule has 0 saturated carbocycles. The maximum Gasteiger partial charge on any atom is 0.224 e. The van der Waals surface area contributed by atoms with Crippen LogP contribution in [0.4, 0.5) is 17.5 Å². The topological polar surface area (TPSA) is 77.5 Å². The first-order chi connectivity index (χ1) is 11.1. The third-order valence-corrected chi connectivity index (χ3v) is 3.01. The molecule has 1 aromatic carbocycles. The summed E-state index contributed by atoms with van der Waals surface area (Å²) in [5, 5.41) is 6.37. The maximum absolute atomic E-state index is 5.34. The molecule has 0 saturated heterocycles. The van der Waals surface area contributed by atoms with Gasteiger partial charge in [-0.05, 0) is 19.9 Å². The Morgan fingerprint density at radius 3 is 2.17 bits per heavy atom. The summed E-state index contributed by atoms with van der Waals surface area (Å²) >= 11 is 0. The lowest BCUT2D eigenvalue weighted by Gasteiger charge is -2.15. The summed E-state index contributed by atoms with van der Waals surface area (Å²) in [4.78, 5) is 8.60. The van der Waals surface area contributed by atoms with Gasteiger partial charge in [0.15, 0.2) is 11.5 Å². The predicted molar refractivity (Wildman–Crippen MR) is 90.2 cm³/mol.